The van der Waals surface area contributed by atoms with Gasteiger partial charge >= 0.3 is 0 Å². The van der Waals surface area contributed by atoms with Crippen LogP contribution >= 0.6 is 0 Å². The molecule has 0 bridgehead atoms. The molecule has 1 aromatic heterocycles. The number of hydrogen-bond donors (Lipinski definition) is 0. The third-order valence-corrected chi connectivity index (χ3v) is 3.34. The van der Waals surface area contributed by atoms with Crippen molar-refractivity contribution in [3.8, 4) is 0 Å². The molecule has 0 N–H and O–H groups in total. The van der Waals surface area contributed by atoms with Crippen LogP contribution in [0.2, 0.25) is 0 Å². The van der Waals surface area contributed by atoms with E-state index >= 15 is 0 Å². The van der Waals surface area contributed by atoms with Crippen molar-refractivity contribution in [2.24, 2.45) is 9.81 Å². The molecule has 2 heterocycles. The van der Waals surface area contributed by atoms with Crippen LogP contribution < -0.4 is 0 Å². The van der Waals surface area contributed by atoms with Gasteiger partial charge in [0.05, 0.1) is 6.26 Å². The molecule has 14 heavy (non-hydrogen) atoms. The lowest BCUT2D eigenvalue weighted by Gasteiger charge is -2.16. The summed E-state index contributed by atoms with van der Waals surface area (Å²) in [6.07, 6.45) is 1.38. The highest BCUT2D eigenvalue weighted by atomic mass is 32.2. The highest BCUT2D eigenvalue weighted by Crippen LogP contribution is 2.34. The minimum atomic E-state index is -3.50. The SMILES string of the molecule is CC(C)(C)C1=NS(=O)(=O)c2ccoc21. The summed E-state index contributed by atoms with van der Waals surface area (Å²) in [6.45, 7) is 5.71. The van der Waals surface area contributed by atoms with Crippen LogP contribution in [-0.2, 0) is 10.0 Å². The van der Waals surface area contributed by atoms with E-state index in [4.69, 9.17) is 4.42 Å². The van der Waals surface area contributed by atoms with Gasteiger partial charge in [0.2, 0.25) is 0 Å². The Hall–Kier alpha value is -1.10. The fourth-order valence-corrected chi connectivity index (χ4v) is 2.66. The van der Waals surface area contributed by atoms with Gasteiger partial charge in [0.1, 0.15) is 10.6 Å². The maximum Gasteiger partial charge on any atom is 0.286 e. The fourth-order valence-electron chi connectivity index (χ4n) is 1.36. The van der Waals surface area contributed by atoms with Crippen molar-refractivity contribution >= 4 is 15.7 Å². The highest BCUT2D eigenvalue weighted by molar-refractivity contribution is 7.90. The van der Waals surface area contributed by atoms with Gasteiger partial charge in [-0.25, -0.2) is 0 Å². The maximum atomic E-state index is 11.5. The zero-order chi connectivity index (χ0) is 10.6. The molecule has 0 unspecified atom stereocenters. The molecule has 0 radical (unpaired) electrons. The molecular formula is C9H11NO3S. The molecule has 4 nitrogen and oxygen atoms in total. The van der Waals surface area contributed by atoms with Gasteiger partial charge in [-0.05, 0) is 6.07 Å². The van der Waals surface area contributed by atoms with Gasteiger partial charge in [-0.1, -0.05) is 20.8 Å². The number of fused-ring (bicyclic) bond motifs is 1. The van der Waals surface area contributed by atoms with Gasteiger partial charge in [0.15, 0.2) is 5.76 Å². The summed E-state index contributed by atoms with van der Waals surface area (Å²) >= 11 is 0. The molecular weight excluding hydrogens is 202 g/mol. The Labute approximate surface area is 82.7 Å². The third kappa shape index (κ3) is 1.19. The molecule has 5 heteroatoms. The van der Waals surface area contributed by atoms with Gasteiger partial charge in [0.25, 0.3) is 10.0 Å². The summed E-state index contributed by atoms with van der Waals surface area (Å²) in [7, 11) is -3.50. The van der Waals surface area contributed by atoms with Crippen molar-refractivity contribution in [2.45, 2.75) is 25.7 Å². The first-order valence-corrected chi connectivity index (χ1v) is 5.70. The predicted molar refractivity (Wildman–Crippen MR) is 51.9 cm³/mol. The predicted octanol–water partition coefficient (Wildman–Crippen LogP) is 1.82. The molecule has 76 valence electrons. The van der Waals surface area contributed by atoms with Gasteiger partial charge < -0.3 is 4.42 Å². The van der Waals surface area contributed by atoms with Crippen LogP contribution in [0.25, 0.3) is 0 Å². The Morgan fingerprint density at radius 2 is 2.00 bits per heavy atom. The van der Waals surface area contributed by atoms with Crippen LogP contribution in [-0.4, -0.2) is 14.1 Å². The third-order valence-electron chi connectivity index (χ3n) is 2.04. The summed E-state index contributed by atoms with van der Waals surface area (Å²) in [6, 6.07) is 1.44. The van der Waals surface area contributed by atoms with Crippen LogP contribution in [0.15, 0.2) is 26.0 Å². The van der Waals surface area contributed by atoms with Crippen molar-refractivity contribution in [3.05, 3.63) is 18.1 Å². The topological polar surface area (TPSA) is 59.6 Å². The standard InChI is InChI=1S/C9H11NO3S/c1-9(2,3)8-7-6(4-5-13-7)14(11,12)10-8/h4-5H,1-3H3. The molecule has 0 atom stereocenters. The first-order valence-electron chi connectivity index (χ1n) is 4.26. The van der Waals surface area contributed by atoms with E-state index in [2.05, 4.69) is 4.40 Å². The number of rotatable bonds is 0. The van der Waals surface area contributed by atoms with Crippen molar-refractivity contribution in [2.75, 3.05) is 0 Å². The lowest BCUT2D eigenvalue weighted by atomic mass is 9.89. The summed E-state index contributed by atoms with van der Waals surface area (Å²) in [5.74, 6) is 0.387. The van der Waals surface area contributed by atoms with E-state index in [1.54, 1.807) is 0 Å². The smallest absolute Gasteiger partial charge is 0.286 e. The lowest BCUT2D eigenvalue weighted by Crippen LogP contribution is -2.19. The summed E-state index contributed by atoms with van der Waals surface area (Å²) < 4.78 is 31.9. The molecule has 1 aliphatic heterocycles. The van der Waals surface area contributed by atoms with E-state index in [1.807, 2.05) is 20.8 Å². The van der Waals surface area contributed by atoms with E-state index in [1.165, 1.54) is 12.3 Å². The van der Waals surface area contributed by atoms with Gasteiger partial charge in [0, 0.05) is 5.41 Å². The van der Waals surface area contributed by atoms with E-state index in [-0.39, 0.29) is 10.3 Å². The number of hydrogen-bond acceptors (Lipinski definition) is 3. The molecule has 0 spiro atoms. The van der Waals surface area contributed by atoms with E-state index in [0.29, 0.717) is 11.5 Å². The molecule has 0 amide bonds. The number of sulfonamides is 1. The second-order valence-electron chi connectivity index (χ2n) is 4.28. The monoisotopic (exact) mass is 213 g/mol. The second kappa shape index (κ2) is 2.48. The Kier molecular flexibility index (Phi) is 1.67. The Balaban J connectivity index is 2.72. The highest BCUT2D eigenvalue weighted by Gasteiger charge is 2.37. The van der Waals surface area contributed by atoms with Crippen LogP contribution in [0.4, 0.5) is 0 Å². The Morgan fingerprint density at radius 1 is 1.36 bits per heavy atom. The molecule has 1 aliphatic rings. The molecule has 2 rings (SSSR count). The van der Waals surface area contributed by atoms with Crippen LogP contribution in [0.3, 0.4) is 0 Å². The average Bonchev–Trinajstić information content (AvgIpc) is 2.51. The Morgan fingerprint density at radius 3 is 2.57 bits per heavy atom. The largest absolute Gasteiger partial charge is 0.462 e. The van der Waals surface area contributed by atoms with Crippen molar-refractivity contribution in [3.63, 3.8) is 0 Å². The van der Waals surface area contributed by atoms with Gasteiger partial charge in [-0.15, -0.1) is 0 Å². The summed E-state index contributed by atoms with van der Waals surface area (Å²) in [4.78, 5) is 0.183. The molecule has 0 saturated carbocycles. The molecule has 0 fully saturated rings. The molecule has 0 aliphatic carbocycles. The normalized spacial score (nSPS) is 19.2. The summed E-state index contributed by atoms with van der Waals surface area (Å²) in [5.41, 5.74) is 0.174. The van der Waals surface area contributed by atoms with Crippen molar-refractivity contribution in [1.82, 2.24) is 0 Å². The van der Waals surface area contributed by atoms with Crippen LogP contribution in [0.5, 0.6) is 0 Å². The van der Waals surface area contributed by atoms with Crippen molar-refractivity contribution in [1.29, 1.82) is 0 Å². The average molecular weight is 213 g/mol. The first kappa shape index (κ1) is 9.45. The zero-order valence-electron chi connectivity index (χ0n) is 8.23. The zero-order valence-corrected chi connectivity index (χ0v) is 9.05. The fraction of sp³-hybridized carbons (Fsp3) is 0.444. The quantitative estimate of drug-likeness (QED) is 0.660. The van der Waals surface area contributed by atoms with Crippen molar-refractivity contribution < 1.29 is 12.8 Å². The van der Waals surface area contributed by atoms with E-state index in [9.17, 15) is 8.42 Å². The second-order valence-corrected chi connectivity index (χ2v) is 5.85. The lowest BCUT2D eigenvalue weighted by molar-refractivity contribution is 0.521. The van der Waals surface area contributed by atoms with Crippen LogP contribution in [0, 0.1) is 5.41 Å². The van der Waals surface area contributed by atoms with E-state index < -0.39 is 10.0 Å². The first-order chi connectivity index (χ1) is 6.32. The van der Waals surface area contributed by atoms with Gasteiger partial charge in [-0.3, -0.25) is 0 Å². The van der Waals surface area contributed by atoms with E-state index in [0.717, 1.165) is 0 Å². The maximum absolute atomic E-state index is 11.5. The summed E-state index contributed by atoms with van der Waals surface area (Å²) in [5, 5.41) is 0. The Bertz CT molecular complexity index is 502. The minimum Gasteiger partial charge on any atom is -0.462 e. The molecule has 1 aromatic rings. The number of furan rings is 1. The molecule has 0 saturated heterocycles. The van der Waals surface area contributed by atoms with Crippen LogP contribution in [0.1, 0.15) is 26.5 Å². The van der Waals surface area contributed by atoms with Gasteiger partial charge in [-0.2, -0.15) is 12.8 Å². The minimum absolute atomic E-state index is 0.183. The number of nitrogens with zero attached hydrogens (tertiary/aromatic N) is 1. The molecule has 0 aromatic carbocycles.